The van der Waals surface area contributed by atoms with E-state index in [1.54, 1.807) is 25.3 Å². The number of aromatic nitrogens is 2. The van der Waals surface area contributed by atoms with Crippen LogP contribution in [0.25, 0.3) is 0 Å². The van der Waals surface area contributed by atoms with Crippen molar-refractivity contribution in [3.63, 3.8) is 0 Å². The Morgan fingerprint density at radius 3 is 2.83 bits per heavy atom. The number of hydrogen-bond donors (Lipinski definition) is 2. The van der Waals surface area contributed by atoms with Crippen molar-refractivity contribution in [2.24, 2.45) is 0 Å². The van der Waals surface area contributed by atoms with E-state index in [1.807, 2.05) is 24.3 Å². The van der Waals surface area contributed by atoms with E-state index < -0.39 is 5.91 Å². The third-order valence-corrected chi connectivity index (χ3v) is 5.11. The van der Waals surface area contributed by atoms with Gasteiger partial charge in [0.1, 0.15) is 23.0 Å². The summed E-state index contributed by atoms with van der Waals surface area (Å²) in [4.78, 5) is 32.0. The maximum Gasteiger partial charge on any atom is 0.270 e. The molecular weight excluding hydrogens is 406 g/mol. The van der Waals surface area contributed by atoms with Gasteiger partial charge in [-0.25, -0.2) is 4.98 Å². The van der Waals surface area contributed by atoms with Crippen molar-refractivity contribution in [1.82, 2.24) is 15.3 Å². The molecule has 154 valence electrons. The Morgan fingerprint density at radius 1 is 1.27 bits per heavy atom. The van der Waals surface area contributed by atoms with Gasteiger partial charge in [0.25, 0.3) is 11.5 Å². The number of methoxy groups -OCH3 is 1. The number of amides is 1. The lowest BCUT2D eigenvalue weighted by molar-refractivity contribution is 0.0919. The molecule has 0 aliphatic carbocycles. The number of carbonyl (C=O) groups is 1. The van der Waals surface area contributed by atoms with Gasteiger partial charge in [0.05, 0.1) is 19.8 Å². The van der Waals surface area contributed by atoms with Crippen LogP contribution >= 0.6 is 11.6 Å². The van der Waals surface area contributed by atoms with E-state index in [9.17, 15) is 9.59 Å². The van der Waals surface area contributed by atoms with Gasteiger partial charge in [-0.1, -0.05) is 23.7 Å². The second kappa shape index (κ2) is 8.59. The number of carbonyl (C=O) groups excluding carboxylic acids is 1. The molecule has 0 saturated carbocycles. The highest BCUT2D eigenvalue weighted by Crippen LogP contribution is 2.34. The SMILES string of the molecule is COc1ccc(Cc2nc(C(=O)NC3CCOc4ccc(Cl)cc43)cc(=O)[nH]2)cc1. The fraction of sp³-hybridized carbons (Fsp3) is 0.227. The monoisotopic (exact) mass is 425 g/mol. The Hall–Kier alpha value is -3.32. The molecule has 2 aromatic carbocycles. The third kappa shape index (κ3) is 4.46. The van der Waals surface area contributed by atoms with Gasteiger partial charge in [-0.05, 0) is 35.9 Å². The van der Waals surface area contributed by atoms with Crippen molar-refractivity contribution in [3.8, 4) is 11.5 Å². The van der Waals surface area contributed by atoms with Gasteiger partial charge < -0.3 is 19.8 Å². The van der Waals surface area contributed by atoms with Crippen molar-refractivity contribution in [2.75, 3.05) is 13.7 Å². The Bertz CT molecular complexity index is 1130. The molecule has 0 radical (unpaired) electrons. The van der Waals surface area contributed by atoms with Crippen LogP contribution in [0, 0.1) is 0 Å². The average Bonchev–Trinajstić information content (AvgIpc) is 2.74. The number of ether oxygens (including phenoxy) is 2. The zero-order valence-electron chi connectivity index (χ0n) is 16.3. The van der Waals surface area contributed by atoms with Gasteiger partial charge >= 0.3 is 0 Å². The zero-order valence-corrected chi connectivity index (χ0v) is 17.0. The number of benzene rings is 2. The molecule has 1 aromatic heterocycles. The Balaban J connectivity index is 1.54. The summed E-state index contributed by atoms with van der Waals surface area (Å²) in [5.41, 5.74) is 1.43. The number of nitrogens with zero attached hydrogens (tertiary/aromatic N) is 1. The highest BCUT2D eigenvalue weighted by molar-refractivity contribution is 6.30. The number of aromatic amines is 1. The minimum Gasteiger partial charge on any atom is -0.497 e. The molecule has 2 N–H and O–H groups in total. The molecule has 0 saturated heterocycles. The van der Waals surface area contributed by atoms with Gasteiger partial charge in [-0.3, -0.25) is 9.59 Å². The molecule has 1 atom stereocenters. The summed E-state index contributed by atoms with van der Waals surface area (Å²) in [6, 6.07) is 13.7. The van der Waals surface area contributed by atoms with Gasteiger partial charge in [0.2, 0.25) is 0 Å². The first kappa shape index (κ1) is 20.0. The number of fused-ring (bicyclic) bond motifs is 1. The zero-order chi connectivity index (χ0) is 21.1. The molecule has 4 rings (SSSR count). The molecule has 1 unspecified atom stereocenters. The number of rotatable bonds is 5. The fourth-order valence-corrected chi connectivity index (χ4v) is 3.57. The van der Waals surface area contributed by atoms with E-state index in [-0.39, 0.29) is 17.3 Å². The molecular formula is C22H20ClN3O4. The van der Waals surface area contributed by atoms with Crippen molar-refractivity contribution in [1.29, 1.82) is 0 Å². The van der Waals surface area contributed by atoms with Crippen LogP contribution in [0.1, 0.15) is 39.9 Å². The van der Waals surface area contributed by atoms with E-state index in [0.29, 0.717) is 36.0 Å². The first-order valence-electron chi connectivity index (χ1n) is 9.48. The van der Waals surface area contributed by atoms with Crippen molar-refractivity contribution < 1.29 is 14.3 Å². The molecule has 3 aromatic rings. The summed E-state index contributed by atoms with van der Waals surface area (Å²) in [5, 5.41) is 3.51. The standard InChI is InChI=1S/C22H20ClN3O4/c1-29-15-5-2-13(3-6-15)10-20-24-18(12-21(27)26-20)22(28)25-17-8-9-30-19-7-4-14(23)11-16(17)19/h2-7,11-12,17H,8-10H2,1H3,(H,25,28)(H,24,26,27). The largest absolute Gasteiger partial charge is 0.497 e. The highest BCUT2D eigenvalue weighted by atomic mass is 35.5. The molecule has 0 spiro atoms. The quantitative estimate of drug-likeness (QED) is 0.654. The summed E-state index contributed by atoms with van der Waals surface area (Å²) in [6.07, 6.45) is 0.983. The first-order chi connectivity index (χ1) is 14.5. The minimum absolute atomic E-state index is 0.0670. The van der Waals surface area contributed by atoms with Gasteiger partial charge in [0.15, 0.2) is 0 Å². The summed E-state index contributed by atoms with van der Waals surface area (Å²) < 4.78 is 10.8. The van der Waals surface area contributed by atoms with Crippen LogP contribution in [0.4, 0.5) is 0 Å². The molecule has 0 fully saturated rings. The molecule has 1 amide bonds. The van der Waals surface area contributed by atoms with Crippen molar-refractivity contribution in [2.45, 2.75) is 18.9 Å². The molecule has 1 aliphatic heterocycles. The van der Waals surface area contributed by atoms with Gasteiger partial charge in [-0.15, -0.1) is 0 Å². The summed E-state index contributed by atoms with van der Waals surface area (Å²) in [5.74, 6) is 1.42. The molecule has 8 heteroatoms. The number of H-pyrrole nitrogens is 1. The maximum absolute atomic E-state index is 12.8. The predicted octanol–water partition coefficient (Wildman–Crippen LogP) is 3.28. The topological polar surface area (TPSA) is 93.3 Å². The minimum atomic E-state index is -0.421. The maximum atomic E-state index is 12.8. The van der Waals surface area contributed by atoms with Crippen LogP contribution in [-0.4, -0.2) is 29.6 Å². The highest BCUT2D eigenvalue weighted by Gasteiger charge is 2.24. The smallest absolute Gasteiger partial charge is 0.270 e. The Labute approximate surface area is 178 Å². The fourth-order valence-electron chi connectivity index (χ4n) is 3.39. The molecule has 30 heavy (non-hydrogen) atoms. The molecule has 1 aliphatic rings. The Morgan fingerprint density at radius 2 is 2.07 bits per heavy atom. The average molecular weight is 426 g/mol. The summed E-state index contributed by atoms with van der Waals surface area (Å²) in [6.45, 7) is 0.477. The summed E-state index contributed by atoms with van der Waals surface area (Å²) in [7, 11) is 1.60. The van der Waals surface area contributed by atoms with E-state index in [4.69, 9.17) is 21.1 Å². The lowest BCUT2D eigenvalue weighted by Gasteiger charge is -2.26. The normalized spacial score (nSPS) is 15.1. The number of nitrogens with one attached hydrogen (secondary N) is 2. The van der Waals surface area contributed by atoms with Crippen LogP contribution in [0.5, 0.6) is 11.5 Å². The number of hydrogen-bond acceptors (Lipinski definition) is 5. The predicted molar refractivity (Wildman–Crippen MR) is 112 cm³/mol. The molecule has 2 heterocycles. The van der Waals surface area contributed by atoms with Crippen LogP contribution in [-0.2, 0) is 6.42 Å². The Kier molecular flexibility index (Phi) is 5.72. The van der Waals surface area contributed by atoms with Crippen molar-refractivity contribution in [3.05, 3.63) is 86.6 Å². The van der Waals surface area contributed by atoms with Gasteiger partial charge in [-0.2, -0.15) is 0 Å². The van der Waals surface area contributed by atoms with Crippen LogP contribution in [0.15, 0.2) is 53.3 Å². The first-order valence-corrected chi connectivity index (χ1v) is 9.86. The second-order valence-corrected chi connectivity index (χ2v) is 7.38. The van der Waals surface area contributed by atoms with Crippen LogP contribution in [0.2, 0.25) is 5.02 Å². The lowest BCUT2D eigenvalue weighted by Crippen LogP contribution is -2.33. The second-order valence-electron chi connectivity index (χ2n) is 6.95. The van der Waals surface area contributed by atoms with Crippen LogP contribution in [0.3, 0.4) is 0 Å². The molecule has 7 nitrogen and oxygen atoms in total. The van der Waals surface area contributed by atoms with E-state index in [0.717, 1.165) is 16.9 Å². The van der Waals surface area contributed by atoms with Gasteiger partial charge in [0, 0.05) is 29.5 Å². The lowest BCUT2D eigenvalue weighted by atomic mass is 10.0. The van der Waals surface area contributed by atoms with Crippen molar-refractivity contribution >= 4 is 17.5 Å². The number of halogens is 1. The van der Waals surface area contributed by atoms with E-state index in [2.05, 4.69) is 15.3 Å². The van der Waals surface area contributed by atoms with Crippen LogP contribution < -0.4 is 20.3 Å². The third-order valence-electron chi connectivity index (χ3n) is 4.87. The summed E-state index contributed by atoms with van der Waals surface area (Å²) >= 11 is 6.10. The van der Waals surface area contributed by atoms with E-state index in [1.165, 1.54) is 6.07 Å². The molecule has 0 bridgehead atoms. The van der Waals surface area contributed by atoms with E-state index >= 15 is 0 Å².